The number of carboxylic acids is 1. The van der Waals surface area contributed by atoms with E-state index in [4.69, 9.17) is 16.7 Å². The third-order valence-electron chi connectivity index (χ3n) is 3.11. The summed E-state index contributed by atoms with van der Waals surface area (Å²) in [5.74, 6) is -1.01. The fraction of sp³-hybridized carbons (Fsp3) is 0. The van der Waals surface area contributed by atoms with Gasteiger partial charge in [0.1, 0.15) is 0 Å². The van der Waals surface area contributed by atoms with Crippen LogP contribution in [0.15, 0.2) is 54.7 Å². The smallest absolute Gasteiger partial charge is 0.328 e. The Morgan fingerprint density at radius 3 is 2.81 bits per heavy atom. The molecule has 0 fully saturated rings. The summed E-state index contributed by atoms with van der Waals surface area (Å²) in [4.78, 5) is 10.5. The van der Waals surface area contributed by atoms with Crippen LogP contribution in [0.4, 0.5) is 0 Å². The molecule has 3 rings (SSSR count). The molecule has 5 heteroatoms. The molecular weight excluding hydrogens is 288 g/mol. The quantitative estimate of drug-likeness (QED) is 0.749. The summed E-state index contributed by atoms with van der Waals surface area (Å²) in [5.41, 5.74) is 2.47. The number of nitrogens with zero attached hydrogens (tertiary/aromatic N) is 2. The van der Waals surface area contributed by atoms with E-state index in [0.29, 0.717) is 10.6 Å². The summed E-state index contributed by atoms with van der Waals surface area (Å²) >= 11 is 6.20. The van der Waals surface area contributed by atoms with Crippen molar-refractivity contribution in [2.75, 3.05) is 0 Å². The minimum absolute atomic E-state index is 0.476. The van der Waals surface area contributed by atoms with E-state index in [1.54, 1.807) is 23.0 Å². The summed E-state index contributed by atoms with van der Waals surface area (Å²) in [6, 6.07) is 13.3. The molecule has 4 nitrogen and oxygen atoms in total. The first-order chi connectivity index (χ1) is 10.1. The zero-order valence-corrected chi connectivity index (χ0v) is 11.7. The van der Waals surface area contributed by atoms with Gasteiger partial charge >= 0.3 is 5.97 Å². The number of rotatable bonds is 3. The standard InChI is InChI=1S/C16H11ClN2O2/c17-14-9-13(7-5-11(14)6-8-16(20)21)19-15-4-2-1-3-12(15)10-18-19/h1-10H,(H,20,21)/b8-6+. The maximum atomic E-state index is 10.5. The molecule has 0 aliphatic rings. The number of aromatic nitrogens is 2. The van der Waals surface area contributed by atoms with Gasteiger partial charge in [-0.15, -0.1) is 0 Å². The Bertz CT molecular complexity index is 852. The molecule has 1 aromatic heterocycles. The summed E-state index contributed by atoms with van der Waals surface area (Å²) in [6.45, 7) is 0. The Morgan fingerprint density at radius 2 is 2.05 bits per heavy atom. The SMILES string of the molecule is O=C(O)/C=C/c1ccc(-n2ncc3ccccc32)cc1Cl. The largest absolute Gasteiger partial charge is 0.478 e. The maximum absolute atomic E-state index is 10.5. The van der Waals surface area contributed by atoms with Crippen molar-refractivity contribution in [2.45, 2.75) is 0 Å². The molecule has 0 bridgehead atoms. The third kappa shape index (κ3) is 2.66. The minimum atomic E-state index is -1.01. The molecule has 2 aromatic carbocycles. The molecule has 0 saturated carbocycles. The highest BCUT2D eigenvalue weighted by atomic mass is 35.5. The number of hydrogen-bond donors (Lipinski definition) is 1. The second-order valence-corrected chi connectivity index (χ2v) is 4.90. The topological polar surface area (TPSA) is 55.1 Å². The molecular formula is C16H11ClN2O2. The molecule has 21 heavy (non-hydrogen) atoms. The van der Waals surface area contributed by atoms with Gasteiger partial charge in [0.15, 0.2) is 0 Å². The Hall–Kier alpha value is -2.59. The lowest BCUT2D eigenvalue weighted by Gasteiger charge is -2.06. The van der Waals surface area contributed by atoms with Gasteiger partial charge in [-0.2, -0.15) is 5.10 Å². The van der Waals surface area contributed by atoms with Crippen LogP contribution in [-0.4, -0.2) is 20.9 Å². The van der Waals surface area contributed by atoms with E-state index in [0.717, 1.165) is 22.7 Å². The Kier molecular flexibility index (Phi) is 3.46. The predicted octanol–water partition coefficient (Wildman–Crippen LogP) is 3.78. The first-order valence-corrected chi connectivity index (χ1v) is 6.66. The molecule has 1 N–H and O–H groups in total. The highest BCUT2D eigenvalue weighted by molar-refractivity contribution is 6.32. The average molecular weight is 299 g/mol. The third-order valence-corrected chi connectivity index (χ3v) is 3.44. The van der Waals surface area contributed by atoms with Gasteiger partial charge in [-0.25, -0.2) is 9.48 Å². The molecule has 0 saturated heterocycles. The fourth-order valence-electron chi connectivity index (χ4n) is 2.12. The molecule has 0 radical (unpaired) electrons. The maximum Gasteiger partial charge on any atom is 0.328 e. The van der Waals surface area contributed by atoms with Crippen molar-refractivity contribution in [3.05, 3.63) is 65.3 Å². The zero-order valence-electron chi connectivity index (χ0n) is 10.9. The van der Waals surface area contributed by atoms with Crippen LogP contribution in [0.5, 0.6) is 0 Å². The second kappa shape index (κ2) is 5.42. The van der Waals surface area contributed by atoms with Crippen LogP contribution in [0, 0.1) is 0 Å². The zero-order chi connectivity index (χ0) is 14.8. The molecule has 104 valence electrons. The molecule has 3 aromatic rings. The van der Waals surface area contributed by atoms with Crippen LogP contribution in [0.3, 0.4) is 0 Å². The molecule has 0 unspecified atom stereocenters. The molecule has 0 spiro atoms. The van der Waals surface area contributed by atoms with E-state index in [2.05, 4.69) is 5.10 Å². The van der Waals surface area contributed by atoms with Crippen LogP contribution in [0.2, 0.25) is 5.02 Å². The first-order valence-electron chi connectivity index (χ1n) is 6.29. The lowest BCUT2D eigenvalue weighted by Crippen LogP contribution is -1.96. The lowest BCUT2D eigenvalue weighted by atomic mass is 10.2. The highest BCUT2D eigenvalue weighted by Crippen LogP contribution is 2.24. The van der Waals surface area contributed by atoms with Crippen molar-refractivity contribution in [1.29, 1.82) is 0 Å². The van der Waals surface area contributed by atoms with Crippen molar-refractivity contribution in [2.24, 2.45) is 0 Å². The number of halogens is 1. The van der Waals surface area contributed by atoms with Gasteiger partial charge in [0, 0.05) is 16.5 Å². The molecule has 0 atom stereocenters. The number of carboxylic acid groups (broad SMARTS) is 1. The summed E-state index contributed by atoms with van der Waals surface area (Å²) < 4.78 is 1.80. The number of hydrogen-bond acceptors (Lipinski definition) is 2. The van der Waals surface area contributed by atoms with Gasteiger partial charge in [0.05, 0.1) is 17.4 Å². The number of para-hydroxylation sites is 1. The number of fused-ring (bicyclic) bond motifs is 1. The van der Waals surface area contributed by atoms with E-state index in [9.17, 15) is 4.79 Å². The van der Waals surface area contributed by atoms with Gasteiger partial charge in [0.25, 0.3) is 0 Å². The van der Waals surface area contributed by atoms with E-state index < -0.39 is 5.97 Å². The fourth-order valence-corrected chi connectivity index (χ4v) is 2.36. The van der Waals surface area contributed by atoms with E-state index in [-0.39, 0.29) is 0 Å². The highest BCUT2D eigenvalue weighted by Gasteiger charge is 2.06. The van der Waals surface area contributed by atoms with Crippen LogP contribution in [0.1, 0.15) is 5.56 Å². The van der Waals surface area contributed by atoms with Gasteiger partial charge in [-0.1, -0.05) is 35.9 Å². The van der Waals surface area contributed by atoms with Crippen molar-refractivity contribution in [1.82, 2.24) is 9.78 Å². The van der Waals surface area contributed by atoms with Crippen LogP contribution in [0.25, 0.3) is 22.7 Å². The Morgan fingerprint density at radius 1 is 1.24 bits per heavy atom. The summed E-state index contributed by atoms with van der Waals surface area (Å²) in [7, 11) is 0. The second-order valence-electron chi connectivity index (χ2n) is 4.49. The lowest BCUT2D eigenvalue weighted by molar-refractivity contribution is -0.131. The van der Waals surface area contributed by atoms with Crippen molar-refractivity contribution in [3.63, 3.8) is 0 Å². The van der Waals surface area contributed by atoms with Crippen molar-refractivity contribution in [3.8, 4) is 5.69 Å². The van der Waals surface area contributed by atoms with Gasteiger partial charge in [-0.3, -0.25) is 0 Å². The Labute approximate surface area is 125 Å². The monoisotopic (exact) mass is 298 g/mol. The summed E-state index contributed by atoms with van der Waals surface area (Å²) in [6.07, 6.45) is 4.32. The number of carbonyl (C=O) groups is 1. The first kappa shape index (κ1) is 13.4. The van der Waals surface area contributed by atoms with E-state index in [1.807, 2.05) is 30.3 Å². The molecule has 1 heterocycles. The van der Waals surface area contributed by atoms with Crippen LogP contribution in [-0.2, 0) is 4.79 Å². The van der Waals surface area contributed by atoms with Crippen molar-refractivity contribution >= 4 is 34.5 Å². The van der Waals surface area contributed by atoms with E-state index in [1.165, 1.54) is 6.08 Å². The molecule has 0 aliphatic carbocycles. The molecule has 0 aliphatic heterocycles. The van der Waals surface area contributed by atoms with Gasteiger partial charge < -0.3 is 5.11 Å². The Balaban J connectivity index is 2.04. The van der Waals surface area contributed by atoms with Crippen molar-refractivity contribution < 1.29 is 9.90 Å². The average Bonchev–Trinajstić information content (AvgIpc) is 2.89. The normalized spacial score (nSPS) is 11.3. The van der Waals surface area contributed by atoms with Gasteiger partial charge in [0.2, 0.25) is 0 Å². The predicted molar refractivity (Wildman–Crippen MR) is 82.7 cm³/mol. The number of benzene rings is 2. The number of aliphatic carboxylic acids is 1. The van der Waals surface area contributed by atoms with E-state index >= 15 is 0 Å². The van der Waals surface area contributed by atoms with Crippen LogP contribution >= 0.6 is 11.6 Å². The summed E-state index contributed by atoms with van der Waals surface area (Å²) in [5, 5.41) is 14.5. The van der Waals surface area contributed by atoms with Gasteiger partial charge in [-0.05, 0) is 29.8 Å². The molecule has 0 amide bonds. The minimum Gasteiger partial charge on any atom is -0.478 e. The van der Waals surface area contributed by atoms with Crippen LogP contribution < -0.4 is 0 Å².